The van der Waals surface area contributed by atoms with Crippen molar-refractivity contribution in [1.82, 2.24) is 10.2 Å². The molecule has 3 rings (SSSR count). The van der Waals surface area contributed by atoms with Crippen LogP contribution in [0, 0.1) is 0 Å². The SMILES string of the molecule is CCNC(=NCc1ccccc1CO)N1CCN(c2ccccc2)CC1. The van der Waals surface area contributed by atoms with Crippen molar-refractivity contribution in [2.45, 2.75) is 20.1 Å². The predicted octanol–water partition coefficient (Wildman–Crippen LogP) is 2.47. The number of para-hydroxylation sites is 1. The topological polar surface area (TPSA) is 51.1 Å². The zero-order valence-corrected chi connectivity index (χ0v) is 15.4. The van der Waals surface area contributed by atoms with E-state index >= 15 is 0 Å². The van der Waals surface area contributed by atoms with E-state index in [-0.39, 0.29) is 6.61 Å². The van der Waals surface area contributed by atoms with Gasteiger partial charge in [0.25, 0.3) is 0 Å². The highest BCUT2D eigenvalue weighted by Gasteiger charge is 2.19. The van der Waals surface area contributed by atoms with Crippen molar-refractivity contribution in [3.63, 3.8) is 0 Å². The Labute approximate surface area is 156 Å². The molecule has 2 aromatic rings. The number of guanidine groups is 1. The van der Waals surface area contributed by atoms with Crippen LogP contribution in [0.4, 0.5) is 5.69 Å². The van der Waals surface area contributed by atoms with Crippen LogP contribution in [0.5, 0.6) is 0 Å². The predicted molar refractivity (Wildman–Crippen MR) is 107 cm³/mol. The number of nitrogens with zero attached hydrogens (tertiary/aromatic N) is 3. The summed E-state index contributed by atoms with van der Waals surface area (Å²) in [6.07, 6.45) is 0. The fourth-order valence-corrected chi connectivity index (χ4v) is 3.27. The first kappa shape index (κ1) is 18.3. The van der Waals surface area contributed by atoms with Gasteiger partial charge in [0, 0.05) is 38.4 Å². The van der Waals surface area contributed by atoms with Crippen LogP contribution in [0.2, 0.25) is 0 Å². The summed E-state index contributed by atoms with van der Waals surface area (Å²) in [4.78, 5) is 9.56. The third kappa shape index (κ3) is 4.55. The minimum Gasteiger partial charge on any atom is -0.392 e. The third-order valence-corrected chi connectivity index (χ3v) is 4.72. The molecule has 1 aliphatic heterocycles. The lowest BCUT2D eigenvalue weighted by Gasteiger charge is -2.37. The smallest absolute Gasteiger partial charge is 0.194 e. The van der Waals surface area contributed by atoms with Crippen molar-refractivity contribution < 1.29 is 5.11 Å². The van der Waals surface area contributed by atoms with Gasteiger partial charge in [0.15, 0.2) is 5.96 Å². The molecule has 0 radical (unpaired) electrons. The molecule has 0 aliphatic carbocycles. The number of hydrogen-bond acceptors (Lipinski definition) is 3. The van der Waals surface area contributed by atoms with Gasteiger partial charge < -0.3 is 20.2 Å². The van der Waals surface area contributed by atoms with E-state index in [0.717, 1.165) is 49.8 Å². The van der Waals surface area contributed by atoms with Gasteiger partial charge in [0.05, 0.1) is 13.2 Å². The molecule has 1 fully saturated rings. The number of aliphatic hydroxyl groups excluding tert-OH is 1. The number of rotatable bonds is 5. The molecule has 5 nitrogen and oxygen atoms in total. The highest BCUT2D eigenvalue weighted by Crippen LogP contribution is 2.16. The first-order chi connectivity index (χ1) is 12.8. The quantitative estimate of drug-likeness (QED) is 0.641. The average molecular weight is 352 g/mol. The van der Waals surface area contributed by atoms with Gasteiger partial charge in [-0.3, -0.25) is 0 Å². The second-order valence-electron chi connectivity index (χ2n) is 6.41. The van der Waals surface area contributed by atoms with Crippen LogP contribution >= 0.6 is 0 Å². The standard InChI is InChI=1S/C21H28N4O/c1-2-22-21(23-16-18-8-6-7-9-19(18)17-26)25-14-12-24(13-15-25)20-10-4-3-5-11-20/h3-11,26H,2,12-17H2,1H3,(H,22,23). The molecule has 0 amide bonds. The van der Waals surface area contributed by atoms with Crippen molar-refractivity contribution in [1.29, 1.82) is 0 Å². The fraction of sp³-hybridized carbons (Fsp3) is 0.381. The summed E-state index contributed by atoms with van der Waals surface area (Å²) in [5.74, 6) is 0.952. The van der Waals surface area contributed by atoms with E-state index in [1.807, 2.05) is 24.3 Å². The van der Waals surface area contributed by atoms with Gasteiger partial charge in [0.1, 0.15) is 0 Å². The van der Waals surface area contributed by atoms with E-state index in [9.17, 15) is 5.11 Å². The van der Waals surface area contributed by atoms with E-state index in [4.69, 9.17) is 4.99 Å². The molecular formula is C21H28N4O. The Balaban J connectivity index is 1.65. The molecular weight excluding hydrogens is 324 g/mol. The lowest BCUT2D eigenvalue weighted by atomic mass is 10.1. The Bertz CT molecular complexity index is 709. The van der Waals surface area contributed by atoms with Crippen LogP contribution < -0.4 is 10.2 Å². The molecule has 1 aliphatic rings. The van der Waals surface area contributed by atoms with Crippen LogP contribution in [0.1, 0.15) is 18.1 Å². The van der Waals surface area contributed by atoms with Gasteiger partial charge >= 0.3 is 0 Å². The number of benzene rings is 2. The first-order valence-electron chi connectivity index (χ1n) is 9.32. The third-order valence-electron chi connectivity index (χ3n) is 4.72. The Morgan fingerprint density at radius 2 is 1.62 bits per heavy atom. The number of piperazine rings is 1. The van der Waals surface area contributed by atoms with Crippen molar-refractivity contribution in [3.8, 4) is 0 Å². The molecule has 1 heterocycles. The second kappa shape index (κ2) is 9.25. The molecule has 0 unspecified atom stereocenters. The van der Waals surface area contributed by atoms with Gasteiger partial charge in [-0.2, -0.15) is 0 Å². The van der Waals surface area contributed by atoms with E-state index in [1.54, 1.807) is 0 Å². The maximum absolute atomic E-state index is 9.49. The van der Waals surface area contributed by atoms with Crippen molar-refractivity contribution in [2.75, 3.05) is 37.6 Å². The zero-order chi connectivity index (χ0) is 18.2. The van der Waals surface area contributed by atoms with Crippen molar-refractivity contribution in [2.24, 2.45) is 4.99 Å². The highest BCUT2D eigenvalue weighted by atomic mass is 16.3. The van der Waals surface area contributed by atoms with Gasteiger partial charge in [-0.25, -0.2) is 4.99 Å². The van der Waals surface area contributed by atoms with E-state index < -0.39 is 0 Å². The number of nitrogens with one attached hydrogen (secondary N) is 1. The maximum atomic E-state index is 9.49. The summed E-state index contributed by atoms with van der Waals surface area (Å²) in [6.45, 7) is 7.45. The molecule has 0 atom stereocenters. The largest absolute Gasteiger partial charge is 0.392 e. The second-order valence-corrected chi connectivity index (χ2v) is 6.41. The highest BCUT2D eigenvalue weighted by molar-refractivity contribution is 5.80. The molecule has 2 N–H and O–H groups in total. The average Bonchev–Trinajstić information content (AvgIpc) is 2.72. The molecule has 0 spiro atoms. The molecule has 0 saturated carbocycles. The van der Waals surface area contributed by atoms with E-state index in [2.05, 4.69) is 52.4 Å². The Hall–Kier alpha value is -2.53. The summed E-state index contributed by atoms with van der Waals surface area (Å²) < 4.78 is 0. The Kier molecular flexibility index (Phi) is 6.50. The summed E-state index contributed by atoms with van der Waals surface area (Å²) in [6, 6.07) is 18.5. The van der Waals surface area contributed by atoms with Gasteiger partial charge in [-0.15, -0.1) is 0 Å². The van der Waals surface area contributed by atoms with Crippen LogP contribution in [-0.4, -0.2) is 48.7 Å². The van der Waals surface area contributed by atoms with Crippen molar-refractivity contribution >= 4 is 11.6 Å². The van der Waals surface area contributed by atoms with Crippen LogP contribution in [0.25, 0.3) is 0 Å². The van der Waals surface area contributed by atoms with Gasteiger partial charge in [0.2, 0.25) is 0 Å². The van der Waals surface area contributed by atoms with E-state index in [1.165, 1.54) is 5.69 Å². The lowest BCUT2D eigenvalue weighted by molar-refractivity contribution is 0.280. The Morgan fingerprint density at radius 1 is 0.962 bits per heavy atom. The summed E-state index contributed by atoms with van der Waals surface area (Å²) in [5.41, 5.74) is 3.31. The molecule has 26 heavy (non-hydrogen) atoms. The van der Waals surface area contributed by atoms with E-state index in [0.29, 0.717) is 6.54 Å². The van der Waals surface area contributed by atoms with Crippen molar-refractivity contribution in [3.05, 3.63) is 65.7 Å². The normalized spacial score (nSPS) is 15.2. The monoisotopic (exact) mass is 352 g/mol. The summed E-state index contributed by atoms with van der Waals surface area (Å²) >= 11 is 0. The molecule has 0 aromatic heterocycles. The molecule has 0 bridgehead atoms. The van der Waals surface area contributed by atoms with Crippen LogP contribution in [0.3, 0.4) is 0 Å². The lowest BCUT2D eigenvalue weighted by Crippen LogP contribution is -2.52. The fourth-order valence-electron chi connectivity index (χ4n) is 3.27. The molecule has 1 saturated heterocycles. The summed E-state index contributed by atoms with van der Waals surface area (Å²) in [7, 11) is 0. The molecule has 5 heteroatoms. The minimum absolute atomic E-state index is 0.0536. The number of anilines is 1. The minimum atomic E-state index is 0.0536. The molecule has 2 aromatic carbocycles. The van der Waals surface area contributed by atoms with Gasteiger partial charge in [-0.1, -0.05) is 42.5 Å². The van der Waals surface area contributed by atoms with Crippen LogP contribution in [0.15, 0.2) is 59.6 Å². The first-order valence-corrected chi connectivity index (χ1v) is 9.32. The number of hydrogen-bond donors (Lipinski definition) is 2. The van der Waals surface area contributed by atoms with Crippen LogP contribution in [-0.2, 0) is 13.2 Å². The van der Waals surface area contributed by atoms with Gasteiger partial charge in [-0.05, 0) is 30.2 Å². The Morgan fingerprint density at radius 3 is 2.27 bits per heavy atom. The number of aliphatic imine (C=N–C) groups is 1. The summed E-state index contributed by atoms with van der Waals surface area (Å²) in [5, 5.41) is 12.9. The maximum Gasteiger partial charge on any atom is 0.194 e. The zero-order valence-electron chi connectivity index (χ0n) is 15.4. The molecule has 138 valence electrons. The number of aliphatic hydroxyl groups is 1.